The molecule has 0 heterocycles. The summed E-state index contributed by atoms with van der Waals surface area (Å²) < 4.78 is 0.637. The lowest BCUT2D eigenvalue weighted by Gasteiger charge is -2.51. The first-order valence-corrected chi connectivity index (χ1v) is 17.0. The molecule has 0 aromatic rings. The Bertz CT molecular complexity index is 991. The van der Waals surface area contributed by atoms with Gasteiger partial charge in [-0.1, -0.05) is 13.8 Å². The molecule has 0 aromatic carbocycles. The number of rotatable bonds is 22. The number of likely N-dealkylation sites (N-methyl/N-ethyl adjacent to an activating group) is 1. The standard InChI is InChI=1S/C34H70N8O5/c1-26(43)37-18-22-39(23-19-38-27(2)44)29(46)14-15-30(47)41(21-17-32(5,6)35)33(7,8)31(3,4)16-20-40(34(9,10)36)24-28(45)25-42(11,12)13/h28,45H,14-25,35-36H2,1-13H3,(H-,37,38,43,44)/p+1. The van der Waals surface area contributed by atoms with Gasteiger partial charge < -0.3 is 41.5 Å². The number of hydrogen-bond donors (Lipinski definition) is 5. The van der Waals surface area contributed by atoms with Crippen LogP contribution in [0.3, 0.4) is 0 Å². The average Bonchev–Trinajstić information content (AvgIpc) is 2.85. The van der Waals surface area contributed by atoms with Gasteiger partial charge in [-0.15, -0.1) is 0 Å². The lowest BCUT2D eigenvalue weighted by atomic mass is 9.70. The van der Waals surface area contributed by atoms with E-state index < -0.39 is 22.8 Å². The largest absolute Gasteiger partial charge is 0.386 e. The van der Waals surface area contributed by atoms with Gasteiger partial charge in [0.25, 0.3) is 0 Å². The van der Waals surface area contributed by atoms with Crippen molar-refractivity contribution >= 4 is 23.6 Å². The summed E-state index contributed by atoms with van der Waals surface area (Å²) in [6.45, 7) is 22.1. The maximum absolute atomic E-state index is 14.0. The Labute approximate surface area is 285 Å². The zero-order chi connectivity index (χ0) is 37.0. The van der Waals surface area contributed by atoms with Gasteiger partial charge in [0, 0.05) is 83.6 Å². The Morgan fingerprint density at radius 3 is 1.62 bits per heavy atom. The zero-order valence-corrected chi connectivity index (χ0v) is 32.1. The lowest BCUT2D eigenvalue weighted by Crippen LogP contribution is -2.60. The highest BCUT2D eigenvalue weighted by atomic mass is 16.3. The van der Waals surface area contributed by atoms with Crippen molar-refractivity contribution in [2.24, 2.45) is 16.9 Å². The molecule has 0 aliphatic rings. The molecule has 13 heteroatoms. The molecule has 0 rings (SSSR count). The average molecular weight is 672 g/mol. The molecule has 0 bridgehead atoms. The third-order valence-corrected chi connectivity index (χ3v) is 9.04. The van der Waals surface area contributed by atoms with Crippen LogP contribution < -0.4 is 22.1 Å². The number of carbonyl (C=O) groups is 4. The van der Waals surface area contributed by atoms with E-state index in [1.807, 2.05) is 53.7 Å². The van der Waals surface area contributed by atoms with Gasteiger partial charge in [-0.3, -0.25) is 24.1 Å². The van der Waals surface area contributed by atoms with Crippen LogP contribution in [0.4, 0.5) is 0 Å². The van der Waals surface area contributed by atoms with Gasteiger partial charge in [-0.2, -0.15) is 0 Å². The van der Waals surface area contributed by atoms with Gasteiger partial charge in [0.15, 0.2) is 0 Å². The third-order valence-electron chi connectivity index (χ3n) is 9.04. The van der Waals surface area contributed by atoms with E-state index in [9.17, 15) is 24.3 Å². The highest BCUT2D eigenvalue weighted by Crippen LogP contribution is 2.40. The summed E-state index contributed by atoms with van der Waals surface area (Å²) in [5.74, 6) is -0.760. The van der Waals surface area contributed by atoms with Crippen LogP contribution in [0.1, 0.15) is 94.9 Å². The topological polar surface area (TPSA) is 174 Å². The second-order valence-electron chi connectivity index (χ2n) is 16.5. The minimum Gasteiger partial charge on any atom is -0.386 e. The van der Waals surface area contributed by atoms with E-state index in [1.54, 1.807) is 4.90 Å². The second kappa shape index (κ2) is 18.4. The first kappa shape index (κ1) is 44.7. The van der Waals surface area contributed by atoms with E-state index in [0.717, 1.165) is 0 Å². The van der Waals surface area contributed by atoms with E-state index in [1.165, 1.54) is 13.8 Å². The van der Waals surface area contributed by atoms with Gasteiger partial charge >= 0.3 is 0 Å². The summed E-state index contributed by atoms with van der Waals surface area (Å²) in [4.78, 5) is 55.6. The number of nitrogens with one attached hydrogen (secondary N) is 2. The van der Waals surface area contributed by atoms with Crippen LogP contribution >= 0.6 is 0 Å². The van der Waals surface area contributed by atoms with Crippen molar-refractivity contribution in [2.75, 3.05) is 73.5 Å². The highest BCUT2D eigenvalue weighted by molar-refractivity contribution is 5.84. The smallest absolute Gasteiger partial charge is 0.223 e. The Kier molecular flexibility index (Phi) is 17.5. The SMILES string of the molecule is CC(=O)NCCN(CCNC(C)=O)C(=O)CCC(=O)N(CCC(C)(C)N)C(C)(C)C(C)(C)CCN(CC(O)C[N+](C)(C)C)C(C)(C)N. The third kappa shape index (κ3) is 18.1. The van der Waals surface area contributed by atoms with E-state index in [2.05, 4.69) is 43.2 Å². The maximum Gasteiger partial charge on any atom is 0.223 e. The summed E-state index contributed by atoms with van der Waals surface area (Å²) in [7, 11) is 6.14. The van der Waals surface area contributed by atoms with E-state index in [-0.39, 0.29) is 68.1 Å². The van der Waals surface area contributed by atoms with Crippen LogP contribution in [0.25, 0.3) is 0 Å². The van der Waals surface area contributed by atoms with Crippen LogP contribution in [0.5, 0.6) is 0 Å². The van der Waals surface area contributed by atoms with Crippen molar-refractivity contribution in [3.05, 3.63) is 0 Å². The van der Waals surface area contributed by atoms with E-state index >= 15 is 0 Å². The molecule has 13 nitrogen and oxygen atoms in total. The summed E-state index contributed by atoms with van der Waals surface area (Å²) in [6, 6.07) is 0. The molecule has 1 unspecified atom stereocenters. The van der Waals surface area contributed by atoms with Gasteiger partial charge in [0.05, 0.1) is 26.8 Å². The number of hydrogen-bond acceptors (Lipinski definition) is 8. The number of amides is 4. The first-order chi connectivity index (χ1) is 21.1. The molecule has 0 aromatic heterocycles. The van der Waals surface area contributed by atoms with Gasteiger partial charge in [0.2, 0.25) is 23.6 Å². The molecule has 7 N–H and O–H groups in total. The van der Waals surface area contributed by atoms with Crippen LogP contribution in [0, 0.1) is 5.41 Å². The molecular weight excluding hydrogens is 600 g/mol. The summed E-state index contributed by atoms with van der Waals surface area (Å²) in [5.41, 5.74) is 10.8. The lowest BCUT2D eigenvalue weighted by molar-refractivity contribution is -0.873. The van der Waals surface area contributed by atoms with Crippen LogP contribution in [-0.4, -0.2) is 144 Å². The van der Waals surface area contributed by atoms with Crippen molar-refractivity contribution in [2.45, 2.75) is 118 Å². The molecule has 276 valence electrons. The highest BCUT2D eigenvalue weighted by Gasteiger charge is 2.44. The molecule has 47 heavy (non-hydrogen) atoms. The minimum atomic E-state index is -0.655. The normalized spacial score (nSPS) is 13.7. The Morgan fingerprint density at radius 1 is 0.745 bits per heavy atom. The monoisotopic (exact) mass is 672 g/mol. The van der Waals surface area contributed by atoms with Crippen molar-refractivity contribution in [3.63, 3.8) is 0 Å². The fraction of sp³-hybridized carbons (Fsp3) is 0.882. The summed E-state index contributed by atoms with van der Waals surface area (Å²) >= 11 is 0. The van der Waals surface area contributed by atoms with Crippen molar-refractivity contribution in [3.8, 4) is 0 Å². The van der Waals surface area contributed by atoms with E-state index in [4.69, 9.17) is 11.5 Å². The first-order valence-electron chi connectivity index (χ1n) is 17.0. The van der Waals surface area contributed by atoms with Gasteiger partial charge in [0.1, 0.15) is 12.6 Å². The maximum atomic E-state index is 14.0. The number of carbonyl (C=O) groups excluding carboxylic acids is 4. The predicted molar refractivity (Wildman–Crippen MR) is 189 cm³/mol. The van der Waals surface area contributed by atoms with Crippen molar-refractivity contribution < 1.29 is 28.8 Å². The molecule has 0 fully saturated rings. The minimum absolute atomic E-state index is 0.00266. The number of quaternary nitrogens is 1. The zero-order valence-electron chi connectivity index (χ0n) is 32.1. The molecule has 0 aliphatic carbocycles. The van der Waals surface area contributed by atoms with E-state index in [0.29, 0.717) is 43.5 Å². The molecular formula is C34H71N8O5+. The fourth-order valence-corrected chi connectivity index (χ4v) is 5.36. The van der Waals surface area contributed by atoms with Crippen LogP contribution in [0.2, 0.25) is 0 Å². The predicted octanol–water partition coefficient (Wildman–Crippen LogP) is 1.08. The number of nitrogens with two attached hydrogens (primary N) is 2. The molecule has 0 saturated heterocycles. The Hall–Kier alpha value is -2.32. The number of aliphatic hydroxyl groups excluding tert-OH is 1. The van der Waals surface area contributed by atoms with Crippen molar-refractivity contribution in [1.82, 2.24) is 25.3 Å². The molecule has 4 amide bonds. The summed E-state index contributed by atoms with van der Waals surface area (Å²) in [6.07, 6.45) is 0.737. The van der Waals surface area contributed by atoms with Crippen molar-refractivity contribution in [1.29, 1.82) is 0 Å². The molecule has 0 saturated carbocycles. The molecule has 0 aliphatic heterocycles. The van der Waals surface area contributed by atoms with Gasteiger partial charge in [-0.05, 0) is 59.8 Å². The Balaban J connectivity index is 5.97. The second-order valence-corrected chi connectivity index (χ2v) is 16.5. The Morgan fingerprint density at radius 2 is 1.21 bits per heavy atom. The summed E-state index contributed by atoms with van der Waals surface area (Å²) in [5, 5.41) is 16.2. The quantitative estimate of drug-likeness (QED) is 0.0840. The van der Waals surface area contributed by atoms with Crippen LogP contribution in [0.15, 0.2) is 0 Å². The molecule has 0 spiro atoms. The molecule has 0 radical (unpaired) electrons. The van der Waals surface area contributed by atoms with Gasteiger partial charge in [-0.25, -0.2) is 0 Å². The van der Waals surface area contributed by atoms with Crippen LogP contribution in [-0.2, 0) is 19.2 Å². The number of aliphatic hydroxyl groups is 1. The fourth-order valence-electron chi connectivity index (χ4n) is 5.36. The molecule has 1 atom stereocenters. The number of nitrogens with zero attached hydrogens (tertiary/aromatic N) is 4.